The highest BCUT2D eigenvalue weighted by atomic mass is 32.1. The average molecular weight is 418 g/mol. The Morgan fingerprint density at radius 3 is 2.93 bits per heavy atom. The fraction of sp³-hybridized carbons (Fsp3) is 0.292. The number of carbonyl (C=O) groups excluding carboxylic acids is 1. The fourth-order valence-electron chi connectivity index (χ4n) is 4.32. The van der Waals surface area contributed by atoms with Gasteiger partial charge in [0.2, 0.25) is 17.7 Å². The molecular formula is C24H23N3O2S. The Balaban J connectivity index is 1.24. The highest BCUT2D eigenvalue weighted by molar-refractivity contribution is 7.08. The summed E-state index contributed by atoms with van der Waals surface area (Å²) in [6, 6.07) is 17.1. The van der Waals surface area contributed by atoms with Gasteiger partial charge in [-0.05, 0) is 47.0 Å². The Kier molecular flexibility index (Phi) is 5.32. The van der Waals surface area contributed by atoms with Crippen molar-refractivity contribution in [1.29, 1.82) is 0 Å². The predicted molar refractivity (Wildman–Crippen MR) is 118 cm³/mol. The Morgan fingerprint density at radius 1 is 1.13 bits per heavy atom. The molecule has 30 heavy (non-hydrogen) atoms. The second kappa shape index (κ2) is 8.40. The maximum atomic E-state index is 13.0. The lowest BCUT2D eigenvalue weighted by atomic mass is 9.97. The predicted octanol–water partition coefficient (Wildman–Crippen LogP) is 5.12. The number of hydrogen-bond donors (Lipinski definition) is 0. The number of fused-ring (bicyclic) bond motifs is 1. The zero-order valence-electron chi connectivity index (χ0n) is 16.7. The third kappa shape index (κ3) is 3.87. The van der Waals surface area contributed by atoms with E-state index in [4.69, 9.17) is 4.42 Å². The molecule has 3 heterocycles. The van der Waals surface area contributed by atoms with Gasteiger partial charge in [0, 0.05) is 36.4 Å². The molecule has 2 aromatic carbocycles. The minimum Gasteiger partial charge on any atom is -0.421 e. The fourth-order valence-corrected chi connectivity index (χ4v) is 4.95. The average Bonchev–Trinajstić information content (AvgIpc) is 3.54. The van der Waals surface area contributed by atoms with Crippen LogP contribution in [-0.4, -0.2) is 33.6 Å². The van der Waals surface area contributed by atoms with E-state index in [1.54, 1.807) is 11.3 Å². The number of aryl methyl sites for hydroxylation is 1. The first kappa shape index (κ1) is 19.0. The van der Waals surface area contributed by atoms with E-state index in [2.05, 4.69) is 57.6 Å². The molecule has 0 bridgehead atoms. The second-order valence-corrected chi connectivity index (χ2v) is 8.52. The molecule has 4 aromatic rings. The van der Waals surface area contributed by atoms with Gasteiger partial charge < -0.3 is 9.32 Å². The molecule has 1 aliphatic rings. The number of aromatic nitrogens is 2. The summed E-state index contributed by atoms with van der Waals surface area (Å²) in [5.74, 6) is 1.22. The number of rotatable bonds is 6. The molecule has 0 saturated carbocycles. The lowest BCUT2D eigenvalue weighted by Crippen LogP contribution is -2.37. The quantitative estimate of drug-likeness (QED) is 0.437. The third-order valence-electron chi connectivity index (χ3n) is 5.82. The number of carbonyl (C=O) groups is 1. The molecule has 1 unspecified atom stereocenters. The summed E-state index contributed by atoms with van der Waals surface area (Å²) in [6.07, 6.45) is 3.89. The Morgan fingerprint density at radius 2 is 2.03 bits per heavy atom. The summed E-state index contributed by atoms with van der Waals surface area (Å²) in [5, 5.41) is 14.7. The van der Waals surface area contributed by atoms with E-state index in [1.165, 1.54) is 16.3 Å². The van der Waals surface area contributed by atoms with E-state index in [-0.39, 0.29) is 11.9 Å². The van der Waals surface area contributed by atoms with Gasteiger partial charge in [0.15, 0.2) is 0 Å². The molecule has 0 aliphatic carbocycles. The van der Waals surface area contributed by atoms with E-state index in [1.807, 2.05) is 16.8 Å². The number of hydrogen-bond acceptors (Lipinski definition) is 5. The molecule has 1 amide bonds. The van der Waals surface area contributed by atoms with E-state index < -0.39 is 0 Å². The normalized spacial score (nSPS) is 16.4. The number of nitrogens with zero attached hydrogens (tertiary/aromatic N) is 3. The van der Waals surface area contributed by atoms with E-state index in [0.717, 1.165) is 31.4 Å². The van der Waals surface area contributed by atoms with Gasteiger partial charge in [0.25, 0.3) is 0 Å². The van der Waals surface area contributed by atoms with Gasteiger partial charge in [-0.1, -0.05) is 42.5 Å². The van der Waals surface area contributed by atoms with Crippen molar-refractivity contribution in [2.24, 2.45) is 0 Å². The van der Waals surface area contributed by atoms with Crippen LogP contribution in [0.1, 0.15) is 30.7 Å². The first-order valence-electron chi connectivity index (χ1n) is 10.4. The van der Waals surface area contributed by atoms with E-state index in [9.17, 15) is 4.79 Å². The molecule has 0 radical (unpaired) electrons. The van der Waals surface area contributed by atoms with Crippen molar-refractivity contribution in [2.45, 2.75) is 38.1 Å². The van der Waals surface area contributed by atoms with Crippen LogP contribution >= 0.6 is 11.3 Å². The van der Waals surface area contributed by atoms with Crippen LogP contribution in [0.4, 0.5) is 0 Å². The van der Waals surface area contributed by atoms with Gasteiger partial charge in [-0.3, -0.25) is 4.79 Å². The smallest absolute Gasteiger partial charge is 0.248 e. The summed E-state index contributed by atoms with van der Waals surface area (Å²) in [7, 11) is 0. The van der Waals surface area contributed by atoms with Crippen LogP contribution in [0, 0.1) is 0 Å². The largest absolute Gasteiger partial charge is 0.421 e. The van der Waals surface area contributed by atoms with Crippen LogP contribution in [0.5, 0.6) is 0 Å². The maximum Gasteiger partial charge on any atom is 0.248 e. The number of likely N-dealkylation sites (tertiary alicyclic amines) is 1. The highest BCUT2D eigenvalue weighted by Crippen LogP contribution is 2.27. The highest BCUT2D eigenvalue weighted by Gasteiger charge is 2.29. The molecule has 0 spiro atoms. The molecular weight excluding hydrogens is 394 g/mol. The summed E-state index contributed by atoms with van der Waals surface area (Å²) in [6.45, 7) is 0.832. The Labute approximate surface area is 179 Å². The van der Waals surface area contributed by atoms with Gasteiger partial charge in [0.1, 0.15) is 0 Å². The molecule has 1 saturated heterocycles. The number of amides is 1. The monoisotopic (exact) mass is 417 g/mol. The molecule has 0 N–H and O–H groups in total. The van der Waals surface area contributed by atoms with Crippen molar-refractivity contribution >= 4 is 28.0 Å². The van der Waals surface area contributed by atoms with Crippen LogP contribution in [0.2, 0.25) is 0 Å². The van der Waals surface area contributed by atoms with E-state index >= 15 is 0 Å². The zero-order valence-corrected chi connectivity index (χ0v) is 17.5. The van der Waals surface area contributed by atoms with Crippen LogP contribution in [0.3, 0.4) is 0 Å². The van der Waals surface area contributed by atoms with E-state index in [0.29, 0.717) is 24.6 Å². The second-order valence-electron chi connectivity index (χ2n) is 7.74. The minimum atomic E-state index is 0.174. The molecule has 1 atom stereocenters. The first-order chi connectivity index (χ1) is 14.8. The summed E-state index contributed by atoms with van der Waals surface area (Å²) in [4.78, 5) is 15.0. The Bertz CT molecular complexity index is 1150. The lowest BCUT2D eigenvalue weighted by Gasteiger charge is -2.25. The maximum absolute atomic E-state index is 13.0. The lowest BCUT2D eigenvalue weighted by molar-refractivity contribution is -0.132. The Hall–Kier alpha value is -2.99. The topological polar surface area (TPSA) is 59.2 Å². The molecule has 5 rings (SSSR count). The van der Waals surface area contributed by atoms with Gasteiger partial charge in [-0.2, -0.15) is 11.3 Å². The number of benzene rings is 2. The van der Waals surface area contributed by atoms with Crippen molar-refractivity contribution in [3.63, 3.8) is 0 Å². The SMILES string of the molecule is O=C(CCc1nnc(-c2ccsc2)o1)N1CCCC1Cc1cccc2ccccc12. The van der Waals surface area contributed by atoms with Crippen LogP contribution in [-0.2, 0) is 17.6 Å². The van der Waals surface area contributed by atoms with Gasteiger partial charge in [-0.15, -0.1) is 10.2 Å². The van der Waals surface area contributed by atoms with Crippen molar-refractivity contribution in [3.8, 4) is 11.5 Å². The summed E-state index contributed by atoms with van der Waals surface area (Å²) < 4.78 is 5.73. The van der Waals surface area contributed by atoms with Crippen molar-refractivity contribution < 1.29 is 9.21 Å². The molecule has 1 aliphatic heterocycles. The molecule has 5 nitrogen and oxygen atoms in total. The van der Waals surface area contributed by atoms with Crippen LogP contribution in [0.25, 0.3) is 22.2 Å². The zero-order chi connectivity index (χ0) is 20.3. The summed E-state index contributed by atoms with van der Waals surface area (Å²) >= 11 is 1.59. The third-order valence-corrected chi connectivity index (χ3v) is 6.50. The molecule has 6 heteroatoms. The van der Waals surface area contributed by atoms with Crippen molar-refractivity contribution in [2.75, 3.05) is 6.54 Å². The first-order valence-corrected chi connectivity index (χ1v) is 11.3. The van der Waals surface area contributed by atoms with Crippen molar-refractivity contribution in [1.82, 2.24) is 15.1 Å². The minimum absolute atomic E-state index is 0.174. The van der Waals surface area contributed by atoms with Crippen LogP contribution in [0.15, 0.2) is 63.7 Å². The van der Waals surface area contributed by atoms with Crippen LogP contribution < -0.4 is 0 Å². The summed E-state index contributed by atoms with van der Waals surface area (Å²) in [5.41, 5.74) is 2.25. The number of thiophene rings is 1. The molecule has 152 valence electrons. The van der Waals surface area contributed by atoms with Gasteiger partial charge in [-0.25, -0.2) is 0 Å². The van der Waals surface area contributed by atoms with Gasteiger partial charge in [0.05, 0.1) is 0 Å². The molecule has 1 fully saturated rings. The molecule has 2 aromatic heterocycles. The van der Waals surface area contributed by atoms with Gasteiger partial charge >= 0.3 is 0 Å². The standard InChI is InChI=1S/C24H23N3O2S/c28-23(11-10-22-25-26-24(29-22)19-12-14-30-16-19)27-13-4-8-20(27)15-18-7-3-6-17-5-1-2-9-21(17)18/h1-3,5-7,9,12,14,16,20H,4,8,10-11,13,15H2. The van der Waals surface area contributed by atoms with Crippen molar-refractivity contribution in [3.05, 3.63) is 70.7 Å².